The van der Waals surface area contributed by atoms with Gasteiger partial charge in [0.2, 0.25) is 0 Å². The Morgan fingerprint density at radius 3 is 2.52 bits per heavy atom. The molecule has 0 heterocycles. The molecular formula is C18H23FIN5O2. The predicted molar refractivity (Wildman–Crippen MR) is 116 cm³/mol. The van der Waals surface area contributed by atoms with E-state index in [9.17, 15) is 14.5 Å². The topological polar surface area (TPSA) is 91.6 Å². The van der Waals surface area contributed by atoms with E-state index in [4.69, 9.17) is 0 Å². The lowest BCUT2D eigenvalue weighted by Crippen LogP contribution is -2.39. The lowest BCUT2D eigenvalue weighted by molar-refractivity contribution is -0.384. The summed E-state index contributed by atoms with van der Waals surface area (Å²) in [6.07, 6.45) is 0. The fraction of sp³-hybridized carbons (Fsp3) is 0.278. The molecule has 0 saturated heterocycles. The summed E-state index contributed by atoms with van der Waals surface area (Å²) in [6, 6.07) is 12.6. The van der Waals surface area contributed by atoms with Crippen LogP contribution in [0.15, 0.2) is 53.5 Å². The van der Waals surface area contributed by atoms with Crippen molar-refractivity contribution in [2.75, 3.05) is 25.0 Å². The van der Waals surface area contributed by atoms with Gasteiger partial charge >= 0.3 is 0 Å². The second-order valence-electron chi connectivity index (χ2n) is 5.48. The van der Waals surface area contributed by atoms with Gasteiger partial charge in [0.15, 0.2) is 5.96 Å². The molecule has 2 aromatic rings. The molecule has 146 valence electrons. The van der Waals surface area contributed by atoms with Crippen LogP contribution in [-0.4, -0.2) is 30.5 Å². The zero-order valence-corrected chi connectivity index (χ0v) is 17.3. The fourth-order valence-electron chi connectivity index (χ4n) is 2.24. The first-order valence-electron chi connectivity index (χ1n) is 8.33. The Labute approximate surface area is 174 Å². The number of nitrogens with one attached hydrogen (secondary N) is 3. The van der Waals surface area contributed by atoms with Gasteiger partial charge in [-0.05, 0) is 36.8 Å². The van der Waals surface area contributed by atoms with Crippen molar-refractivity contribution in [1.29, 1.82) is 0 Å². The van der Waals surface area contributed by atoms with Crippen molar-refractivity contribution >= 4 is 41.3 Å². The minimum absolute atomic E-state index is 0. The molecule has 2 rings (SSSR count). The van der Waals surface area contributed by atoms with E-state index in [2.05, 4.69) is 20.9 Å². The maximum Gasteiger partial charge on any atom is 0.269 e. The Hall–Kier alpha value is -2.43. The number of nitro groups is 1. The van der Waals surface area contributed by atoms with Gasteiger partial charge < -0.3 is 16.0 Å². The summed E-state index contributed by atoms with van der Waals surface area (Å²) in [5.41, 5.74) is 1.66. The Morgan fingerprint density at radius 2 is 1.89 bits per heavy atom. The molecule has 2 aromatic carbocycles. The number of nitro benzene ring substituents is 1. The van der Waals surface area contributed by atoms with Crippen molar-refractivity contribution in [1.82, 2.24) is 10.6 Å². The van der Waals surface area contributed by atoms with Gasteiger partial charge in [-0.25, -0.2) is 9.38 Å². The van der Waals surface area contributed by atoms with Gasteiger partial charge in [-0.3, -0.25) is 10.1 Å². The number of guanidine groups is 1. The summed E-state index contributed by atoms with van der Waals surface area (Å²) in [7, 11) is 0. The monoisotopic (exact) mass is 487 g/mol. The van der Waals surface area contributed by atoms with Crippen LogP contribution in [0.4, 0.5) is 15.8 Å². The molecule has 0 bridgehead atoms. The van der Waals surface area contributed by atoms with Crippen molar-refractivity contribution in [2.45, 2.75) is 13.5 Å². The third-order valence-corrected chi connectivity index (χ3v) is 3.48. The predicted octanol–water partition coefficient (Wildman–Crippen LogP) is 3.52. The third kappa shape index (κ3) is 8.20. The number of rotatable bonds is 8. The van der Waals surface area contributed by atoms with Gasteiger partial charge in [-0.1, -0.05) is 12.1 Å². The SMILES string of the molecule is CCNC(=NCc1cccc(F)c1)NCCNc1ccc([N+](=O)[O-])cc1.I. The van der Waals surface area contributed by atoms with Gasteiger partial charge in [-0.2, -0.15) is 0 Å². The molecule has 27 heavy (non-hydrogen) atoms. The van der Waals surface area contributed by atoms with Crippen LogP contribution < -0.4 is 16.0 Å². The van der Waals surface area contributed by atoms with E-state index in [1.54, 1.807) is 18.2 Å². The summed E-state index contributed by atoms with van der Waals surface area (Å²) in [5.74, 6) is 0.366. The second kappa shape index (κ2) is 12.0. The average Bonchev–Trinajstić information content (AvgIpc) is 2.63. The largest absolute Gasteiger partial charge is 0.383 e. The molecule has 0 atom stereocenters. The van der Waals surface area contributed by atoms with E-state index in [0.717, 1.165) is 11.3 Å². The maximum atomic E-state index is 13.2. The van der Waals surface area contributed by atoms with Crippen LogP contribution in [-0.2, 0) is 6.54 Å². The normalized spacial score (nSPS) is 10.7. The molecule has 0 aromatic heterocycles. The smallest absolute Gasteiger partial charge is 0.269 e. The third-order valence-electron chi connectivity index (χ3n) is 3.48. The number of halogens is 2. The molecule has 3 N–H and O–H groups in total. The summed E-state index contributed by atoms with van der Waals surface area (Å²) in [6.45, 7) is 4.27. The van der Waals surface area contributed by atoms with E-state index in [1.165, 1.54) is 24.3 Å². The van der Waals surface area contributed by atoms with Crippen LogP contribution in [0.1, 0.15) is 12.5 Å². The lowest BCUT2D eigenvalue weighted by atomic mass is 10.2. The van der Waals surface area contributed by atoms with Gasteiger partial charge in [-0.15, -0.1) is 24.0 Å². The quantitative estimate of drug-likeness (QED) is 0.132. The van der Waals surface area contributed by atoms with Crippen LogP contribution >= 0.6 is 24.0 Å². The van der Waals surface area contributed by atoms with Crippen molar-refractivity contribution in [3.8, 4) is 0 Å². The molecule has 7 nitrogen and oxygen atoms in total. The average molecular weight is 487 g/mol. The van der Waals surface area contributed by atoms with Gasteiger partial charge in [0.1, 0.15) is 5.82 Å². The van der Waals surface area contributed by atoms with Gasteiger partial charge in [0.25, 0.3) is 5.69 Å². The summed E-state index contributed by atoms with van der Waals surface area (Å²) in [4.78, 5) is 14.6. The number of nitrogens with zero attached hydrogens (tertiary/aromatic N) is 2. The Balaban J connectivity index is 0.00000364. The van der Waals surface area contributed by atoms with Crippen LogP contribution in [0, 0.1) is 15.9 Å². The van der Waals surface area contributed by atoms with Crippen molar-refractivity contribution in [3.05, 3.63) is 70.0 Å². The van der Waals surface area contributed by atoms with E-state index in [-0.39, 0.29) is 35.5 Å². The molecule has 0 fully saturated rings. The van der Waals surface area contributed by atoms with Gasteiger partial charge in [0, 0.05) is 37.5 Å². The molecule has 0 aliphatic rings. The van der Waals surface area contributed by atoms with Crippen molar-refractivity contribution < 1.29 is 9.31 Å². The number of aliphatic imine (C=N–C) groups is 1. The Kier molecular flexibility index (Phi) is 10.1. The molecule has 0 amide bonds. The summed E-state index contributed by atoms with van der Waals surface area (Å²) < 4.78 is 13.2. The van der Waals surface area contributed by atoms with Crippen LogP contribution in [0.25, 0.3) is 0 Å². The highest BCUT2D eigenvalue weighted by molar-refractivity contribution is 14.0. The number of anilines is 1. The van der Waals surface area contributed by atoms with Crippen LogP contribution in [0.5, 0.6) is 0 Å². The second-order valence-corrected chi connectivity index (χ2v) is 5.48. The first-order valence-corrected chi connectivity index (χ1v) is 8.33. The molecule has 0 unspecified atom stereocenters. The van der Waals surface area contributed by atoms with Crippen molar-refractivity contribution in [3.63, 3.8) is 0 Å². The van der Waals surface area contributed by atoms with Crippen LogP contribution in [0.3, 0.4) is 0 Å². The van der Waals surface area contributed by atoms with E-state index < -0.39 is 4.92 Å². The molecule has 0 aliphatic heterocycles. The minimum atomic E-state index is -0.427. The summed E-state index contributed by atoms with van der Waals surface area (Å²) >= 11 is 0. The minimum Gasteiger partial charge on any atom is -0.383 e. The highest BCUT2D eigenvalue weighted by Gasteiger charge is 2.03. The molecule has 0 spiro atoms. The highest BCUT2D eigenvalue weighted by Crippen LogP contribution is 2.14. The zero-order valence-electron chi connectivity index (χ0n) is 14.9. The fourth-order valence-corrected chi connectivity index (χ4v) is 2.24. The maximum absolute atomic E-state index is 13.2. The van der Waals surface area contributed by atoms with Gasteiger partial charge in [0.05, 0.1) is 11.5 Å². The molecular weight excluding hydrogens is 464 g/mol. The zero-order chi connectivity index (χ0) is 18.8. The number of non-ortho nitro benzene ring substituents is 1. The first-order chi connectivity index (χ1) is 12.6. The van der Waals surface area contributed by atoms with E-state index in [1.807, 2.05) is 13.0 Å². The number of benzene rings is 2. The molecule has 0 saturated carbocycles. The van der Waals surface area contributed by atoms with Crippen molar-refractivity contribution in [2.24, 2.45) is 4.99 Å². The van der Waals surface area contributed by atoms with Crippen LogP contribution in [0.2, 0.25) is 0 Å². The molecule has 9 heteroatoms. The first kappa shape index (κ1) is 22.6. The Morgan fingerprint density at radius 1 is 1.15 bits per heavy atom. The molecule has 0 radical (unpaired) electrons. The summed E-state index contributed by atoms with van der Waals surface area (Å²) in [5, 5.41) is 20.1. The standard InChI is InChI=1S/C18H22FN5O2.HI/c1-2-20-18(23-13-14-4-3-5-15(19)12-14)22-11-10-21-16-6-8-17(9-7-16)24(25)26;/h3-9,12,21H,2,10-11,13H2,1H3,(H2,20,22,23);1H. The number of hydrogen-bond donors (Lipinski definition) is 3. The van der Waals surface area contributed by atoms with E-state index >= 15 is 0 Å². The molecule has 0 aliphatic carbocycles. The Bertz CT molecular complexity index is 756. The number of hydrogen-bond acceptors (Lipinski definition) is 4. The highest BCUT2D eigenvalue weighted by atomic mass is 127. The van der Waals surface area contributed by atoms with E-state index in [0.29, 0.717) is 32.1 Å². The lowest BCUT2D eigenvalue weighted by Gasteiger charge is -2.12.